The highest BCUT2D eigenvalue weighted by Crippen LogP contribution is 2.10. The van der Waals surface area contributed by atoms with Crippen molar-refractivity contribution in [1.29, 1.82) is 0 Å². The summed E-state index contributed by atoms with van der Waals surface area (Å²) in [5.41, 5.74) is -0.413. The van der Waals surface area contributed by atoms with Crippen molar-refractivity contribution in [2.45, 2.75) is 6.92 Å². The zero-order chi connectivity index (χ0) is 10.4. The monoisotopic (exact) mass is 192 g/mol. The molecule has 0 saturated heterocycles. The fraction of sp³-hybridized carbons (Fsp3) is 0.182. The minimum atomic E-state index is -0.413. The second kappa shape index (κ2) is 5.07. The predicted molar refractivity (Wildman–Crippen MR) is 55.4 cm³/mol. The molecule has 0 aromatic carbocycles. The first kappa shape index (κ1) is 10.3. The van der Waals surface area contributed by atoms with E-state index in [4.69, 9.17) is 9.15 Å². The number of hydrogen-bond acceptors (Lipinski definition) is 3. The van der Waals surface area contributed by atoms with Crippen LogP contribution in [-0.4, -0.2) is 7.11 Å². The lowest BCUT2D eigenvalue weighted by Gasteiger charge is -1.97. The first-order valence-electron chi connectivity index (χ1n) is 4.25. The van der Waals surface area contributed by atoms with Crippen LogP contribution in [0, 0.1) is 0 Å². The van der Waals surface area contributed by atoms with Gasteiger partial charge in [0, 0.05) is 6.07 Å². The first-order chi connectivity index (χ1) is 6.76. The Kier molecular flexibility index (Phi) is 3.73. The summed E-state index contributed by atoms with van der Waals surface area (Å²) in [5.74, 6) is 0.980. The molecule has 0 radical (unpaired) electrons. The highest BCUT2D eigenvalue weighted by molar-refractivity contribution is 5.46. The van der Waals surface area contributed by atoms with E-state index in [0.717, 1.165) is 0 Å². The van der Waals surface area contributed by atoms with Gasteiger partial charge in [0.05, 0.1) is 13.2 Å². The average Bonchev–Trinajstić information content (AvgIpc) is 2.17. The van der Waals surface area contributed by atoms with Crippen molar-refractivity contribution in [3.05, 3.63) is 46.5 Å². The van der Waals surface area contributed by atoms with Crippen molar-refractivity contribution in [2.24, 2.45) is 0 Å². The third-order valence-electron chi connectivity index (χ3n) is 1.56. The summed E-state index contributed by atoms with van der Waals surface area (Å²) in [5, 5.41) is 0. The van der Waals surface area contributed by atoms with Gasteiger partial charge in [0.25, 0.3) is 0 Å². The summed E-state index contributed by atoms with van der Waals surface area (Å²) >= 11 is 0. The lowest BCUT2D eigenvalue weighted by molar-refractivity contribution is 0.400. The van der Waals surface area contributed by atoms with E-state index in [0.29, 0.717) is 11.5 Å². The molecule has 0 saturated carbocycles. The van der Waals surface area contributed by atoms with E-state index in [1.165, 1.54) is 13.2 Å². The zero-order valence-electron chi connectivity index (χ0n) is 8.19. The second-order valence-corrected chi connectivity index (χ2v) is 2.60. The normalized spacial score (nSPS) is 11.3. The van der Waals surface area contributed by atoms with Gasteiger partial charge >= 0.3 is 5.63 Å². The van der Waals surface area contributed by atoms with Gasteiger partial charge in [0.15, 0.2) is 0 Å². The Morgan fingerprint density at radius 2 is 2.14 bits per heavy atom. The van der Waals surface area contributed by atoms with Crippen LogP contribution in [0.3, 0.4) is 0 Å². The fourth-order valence-electron chi connectivity index (χ4n) is 0.935. The molecule has 0 fully saturated rings. The molecule has 0 atom stereocenters. The van der Waals surface area contributed by atoms with E-state index in [1.54, 1.807) is 18.2 Å². The van der Waals surface area contributed by atoms with Gasteiger partial charge in [-0.15, -0.1) is 0 Å². The van der Waals surface area contributed by atoms with E-state index < -0.39 is 5.63 Å². The number of methoxy groups -OCH3 is 1. The quantitative estimate of drug-likeness (QED) is 0.689. The van der Waals surface area contributed by atoms with Gasteiger partial charge in [0.2, 0.25) is 0 Å². The summed E-state index contributed by atoms with van der Waals surface area (Å²) in [6.07, 6.45) is 7.22. The highest BCUT2D eigenvalue weighted by Gasteiger charge is 1.97. The Morgan fingerprint density at radius 3 is 2.79 bits per heavy atom. The van der Waals surface area contributed by atoms with Crippen LogP contribution in [-0.2, 0) is 0 Å². The molecule has 0 amide bonds. The van der Waals surface area contributed by atoms with Crippen LogP contribution >= 0.6 is 0 Å². The van der Waals surface area contributed by atoms with Crippen LogP contribution in [0.15, 0.2) is 39.6 Å². The summed E-state index contributed by atoms with van der Waals surface area (Å²) in [6.45, 7) is 1.91. The maximum absolute atomic E-state index is 11.0. The number of rotatable bonds is 3. The Balaban J connectivity index is 2.97. The molecule has 1 aromatic heterocycles. The Morgan fingerprint density at radius 1 is 1.36 bits per heavy atom. The maximum atomic E-state index is 11.0. The Labute approximate surface area is 82.3 Å². The van der Waals surface area contributed by atoms with E-state index in [2.05, 4.69) is 0 Å². The van der Waals surface area contributed by atoms with Crippen molar-refractivity contribution in [3.8, 4) is 5.75 Å². The van der Waals surface area contributed by atoms with Crippen LogP contribution in [0.5, 0.6) is 5.75 Å². The molecule has 0 N–H and O–H groups in total. The number of allylic oxidation sites excluding steroid dienone is 3. The fourth-order valence-corrected chi connectivity index (χ4v) is 0.935. The molecule has 74 valence electrons. The zero-order valence-corrected chi connectivity index (χ0v) is 8.19. The number of hydrogen-bond donors (Lipinski definition) is 0. The SMILES string of the molecule is C/C=C/C=C/c1cc(OC)cc(=O)o1. The molecule has 0 aliphatic heterocycles. The third kappa shape index (κ3) is 2.94. The number of ether oxygens (including phenoxy) is 1. The minimum absolute atomic E-state index is 0.413. The summed E-state index contributed by atoms with van der Waals surface area (Å²) in [7, 11) is 1.51. The van der Waals surface area contributed by atoms with Crippen LogP contribution in [0.1, 0.15) is 12.7 Å². The van der Waals surface area contributed by atoms with Gasteiger partial charge in [-0.3, -0.25) is 0 Å². The second-order valence-electron chi connectivity index (χ2n) is 2.60. The highest BCUT2D eigenvalue weighted by atomic mass is 16.5. The van der Waals surface area contributed by atoms with E-state index in [1.807, 2.05) is 19.1 Å². The predicted octanol–water partition coefficient (Wildman–Crippen LogP) is 2.24. The molecule has 0 bridgehead atoms. The molecule has 14 heavy (non-hydrogen) atoms. The van der Waals surface area contributed by atoms with Crippen molar-refractivity contribution in [1.82, 2.24) is 0 Å². The van der Waals surface area contributed by atoms with Crippen LogP contribution < -0.4 is 10.4 Å². The molecular weight excluding hydrogens is 180 g/mol. The van der Waals surface area contributed by atoms with Gasteiger partial charge in [0.1, 0.15) is 11.5 Å². The van der Waals surface area contributed by atoms with Gasteiger partial charge in [-0.2, -0.15) is 0 Å². The van der Waals surface area contributed by atoms with Gasteiger partial charge in [-0.25, -0.2) is 4.79 Å². The molecule has 0 spiro atoms. The van der Waals surface area contributed by atoms with E-state index >= 15 is 0 Å². The molecular formula is C11H12O3. The molecule has 1 aromatic rings. The molecule has 3 heteroatoms. The lowest BCUT2D eigenvalue weighted by atomic mass is 10.3. The largest absolute Gasteiger partial charge is 0.496 e. The van der Waals surface area contributed by atoms with E-state index in [9.17, 15) is 4.79 Å². The summed E-state index contributed by atoms with van der Waals surface area (Å²) < 4.78 is 9.84. The molecule has 0 aliphatic carbocycles. The standard InChI is InChI=1S/C11H12O3/c1-3-4-5-6-9-7-10(13-2)8-11(12)14-9/h3-8H,1-2H3/b4-3+,6-5+. The Hall–Kier alpha value is -1.77. The summed E-state index contributed by atoms with van der Waals surface area (Å²) in [4.78, 5) is 11.0. The smallest absolute Gasteiger partial charge is 0.339 e. The minimum Gasteiger partial charge on any atom is -0.496 e. The van der Waals surface area contributed by atoms with Crippen LogP contribution in [0.25, 0.3) is 6.08 Å². The molecule has 1 rings (SSSR count). The lowest BCUT2D eigenvalue weighted by Crippen LogP contribution is -1.98. The third-order valence-corrected chi connectivity index (χ3v) is 1.56. The van der Waals surface area contributed by atoms with Gasteiger partial charge in [-0.05, 0) is 13.0 Å². The van der Waals surface area contributed by atoms with Crippen molar-refractivity contribution >= 4 is 6.08 Å². The van der Waals surface area contributed by atoms with Crippen LogP contribution in [0.2, 0.25) is 0 Å². The average molecular weight is 192 g/mol. The molecule has 3 nitrogen and oxygen atoms in total. The van der Waals surface area contributed by atoms with Crippen molar-refractivity contribution in [2.75, 3.05) is 7.11 Å². The van der Waals surface area contributed by atoms with Crippen molar-refractivity contribution < 1.29 is 9.15 Å². The van der Waals surface area contributed by atoms with Crippen molar-refractivity contribution in [3.63, 3.8) is 0 Å². The summed E-state index contributed by atoms with van der Waals surface area (Å²) in [6, 6.07) is 2.95. The first-order valence-corrected chi connectivity index (χ1v) is 4.25. The van der Waals surface area contributed by atoms with E-state index in [-0.39, 0.29) is 0 Å². The topological polar surface area (TPSA) is 39.4 Å². The molecule has 1 heterocycles. The maximum Gasteiger partial charge on any atom is 0.339 e. The van der Waals surface area contributed by atoms with Gasteiger partial charge in [-0.1, -0.05) is 18.2 Å². The molecule has 0 unspecified atom stereocenters. The van der Waals surface area contributed by atoms with Gasteiger partial charge < -0.3 is 9.15 Å². The Bertz CT molecular complexity index is 399. The van der Waals surface area contributed by atoms with Crippen LogP contribution in [0.4, 0.5) is 0 Å². The molecule has 0 aliphatic rings.